The Bertz CT molecular complexity index is 371. The first kappa shape index (κ1) is 10.2. The van der Waals surface area contributed by atoms with Gasteiger partial charge in [0.1, 0.15) is 5.75 Å². The van der Waals surface area contributed by atoms with Crippen molar-refractivity contribution in [1.82, 2.24) is 0 Å². The van der Waals surface area contributed by atoms with Crippen molar-refractivity contribution in [2.45, 2.75) is 13.3 Å². The van der Waals surface area contributed by atoms with Crippen LogP contribution in [0.15, 0.2) is 30.3 Å². The number of hydrogen-bond acceptors (Lipinski definition) is 2. The predicted molar refractivity (Wildman–Crippen MR) is 62.7 cm³/mol. The van der Waals surface area contributed by atoms with Crippen molar-refractivity contribution in [2.75, 3.05) is 13.2 Å². The highest BCUT2D eigenvalue weighted by Gasteiger charge is 2.20. The quantitative estimate of drug-likeness (QED) is 0.801. The molecule has 0 bridgehead atoms. The van der Waals surface area contributed by atoms with Crippen molar-refractivity contribution in [3.8, 4) is 5.75 Å². The molecular formula is C13H17NO. The van der Waals surface area contributed by atoms with Gasteiger partial charge in [0.05, 0.1) is 6.61 Å². The van der Waals surface area contributed by atoms with Crippen molar-refractivity contribution < 1.29 is 4.74 Å². The summed E-state index contributed by atoms with van der Waals surface area (Å²) in [7, 11) is 0. The molecule has 0 amide bonds. The van der Waals surface area contributed by atoms with E-state index in [1.165, 1.54) is 11.1 Å². The Morgan fingerprint density at radius 1 is 1.47 bits per heavy atom. The molecule has 0 fully saturated rings. The largest absolute Gasteiger partial charge is 0.492 e. The Morgan fingerprint density at radius 2 is 2.27 bits per heavy atom. The lowest BCUT2D eigenvalue weighted by Crippen LogP contribution is -2.17. The Balaban J connectivity index is 2.37. The van der Waals surface area contributed by atoms with Crippen LogP contribution in [-0.4, -0.2) is 13.2 Å². The molecule has 2 rings (SSSR count). The zero-order valence-electron chi connectivity index (χ0n) is 9.07. The van der Waals surface area contributed by atoms with E-state index in [9.17, 15) is 0 Å². The van der Waals surface area contributed by atoms with Gasteiger partial charge in [-0.15, -0.1) is 0 Å². The molecule has 0 aliphatic carbocycles. The van der Waals surface area contributed by atoms with Gasteiger partial charge in [0.15, 0.2) is 0 Å². The molecule has 1 aliphatic rings. The highest BCUT2D eigenvalue weighted by Crippen LogP contribution is 2.35. The maximum absolute atomic E-state index is 5.67. The van der Waals surface area contributed by atoms with Crippen molar-refractivity contribution in [2.24, 2.45) is 11.7 Å². The third-order valence-electron chi connectivity index (χ3n) is 2.75. The van der Waals surface area contributed by atoms with E-state index in [1.807, 2.05) is 12.1 Å². The first-order valence-electron chi connectivity index (χ1n) is 5.45. The minimum absolute atomic E-state index is 0.464. The van der Waals surface area contributed by atoms with E-state index in [2.05, 4.69) is 25.1 Å². The fourth-order valence-electron chi connectivity index (χ4n) is 1.95. The van der Waals surface area contributed by atoms with Crippen LogP contribution in [0.3, 0.4) is 0 Å². The summed E-state index contributed by atoms with van der Waals surface area (Å²) in [5, 5.41) is 0. The second-order valence-electron chi connectivity index (χ2n) is 3.95. The van der Waals surface area contributed by atoms with Crippen LogP contribution in [0.25, 0.3) is 5.57 Å². The standard InChI is InChI=1S/C13H17NO/c1-10-9-15-13-7-3-2-5-12(13)11(10)6-4-8-14/h2-3,5-7,10H,4,8-9,14H2,1H3/b11-6-. The zero-order valence-corrected chi connectivity index (χ0v) is 9.07. The molecule has 0 saturated heterocycles. The molecule has 80 valence electrons. The van der Waals surface area contributed by atoms with Gasteiger partial charge in [-0.25, -0.2) is 0 Å². The van der Waals surface area contributed by atoms with E-state index in [1.54, 1.807) is 0 Å². The fraction of sp³-hybridized carbons (Fsp3) is 0.385. The van der Waals surface area contributed by atoms with Crippen LogP contribution >= 0.6 is 0 Å². The van der Waals surface area contributed by atoms with Crippen LogP contribution in [0, 0.1) is 5.92 Å². The van der Waals surface area contributed by atoms with Crippen molar-refractivity contribution in [3.63, 3.8) is 0 Å². The van der Waals surface area contributed by atoms with Gasteiger partial charge in [-0.1, -0.05) is 31.2 Å². The lowest BCUT2D eigenvalue weighted by Gasteiger charge is -2.25. The average Bonchev–Trinajstić information content (AvgIpc) is 2.28. The summed E-state index contributed by atoms with van der Waals surface area (Å²) in [5.41, 5.74) is 8.14. The summed E-state index contributed by atoms with van der Waals surface area (Å²) in [6.07, 6.45) is 3.18. The van der Waals surface area contributed by atoms with E-state index in [0.29, 0.717) is 12.5 Å². The molecule has 2 heteroatoms. The van der Waals surface area contributed by atoms with Crippen LogP contribution in [0.2, 0.25) is 0 Å². The number of ether oxygens (including phenoxy) is 1. The number of para-hydroxylation sites is 1. The van der Waals surface area contributed by atoms with Gasteiger partial charge >= 0.3 is 0 Å². The molecule has 1 heterocycles. The Kier molecular flexibility index (Phi) is 3.07. The number of nitrogens with two attached hydrogens (primary N) is 1. The number of fused-ring (bicyclic) bond motifs is 1. The van der Waals surface area contributed by atoms with Gasteiger partial charge in [-0.2, -0.15) is 0 Å². The summed E-state index contributed by atoms with van der Waals surface area (Å²) in [6, 6.07) is 8.21. The van der Waals surface area contributed by atoms with Crippen LogP contribution < -0.4 is 10.5 Å². The van der Waals surface area contributed by atoms with Crippen LogP contribution in [0.5, 0.6) is 5.75 Å². The number of rotatable bonds is 2. The molecule has 1 aromatic rings. The molecule has 1 unspecified atom stereocenters. The molecule has 2 nitrogen and oxygen atoms in total. The Labute approximate surface area is 90.7 Å². The highest BCUT2D eigenvalue weighted by molar-refractivity contribution is 5.73. The molecular weight excluding hydrogens is 186 g/mol. The monoisotopic (exact) mass is 203 g/mol. The molecule has 1 aromatic carbocycles. The van der Waals surface area contributed by atoms with Crippen molar-refractivity contribution >= 4 is 5.57 Å². The molecule has 0 aromatic heterocycles. The minimum atomic E-state index is 0.464. The summed E-state index contributed by atoms with van der Waals surface area (Å²) >= 11 is 0. The smallest absolute Gasteiger partial charge is 0.126 e. The highest BCUT2D eigenvalue weighted by atomic mass is 16.5. The first-order valence-corrected chi connectivity index (χ1v) is 5.45. The third-order valence-corrected chi connectivity index (χ3v) is 2.75. The lowest BCUT2D eigenvalue weighted by atomic mass is 9.91. The lowest BCUT2D eigenvalue weighted by molar-refractivity contribution is 0.276. The summed E-state index contributed by atoms with van der Waals surface area (Å²) < 4.78 is 5.67. The zero-order chi connectivity index (χ0) is 10.7. The average molecular weight is 203 g/mol. The maximum atomic E-state index is 5.67. The fourth-order valence-corrected chi connectivity index (χ4v) is 1.95. The van der Waals surface area contributed by atoms with E-state index in [-0.39, 0.29) is 0 Å². The summed E-state index contributed by atoms with van der Waals surface area (Å²) in [5.74, 6) is 1.46. The summed E-state index contributed by atoms with van der Waals surface area (Å²) in [6.45, 7) is 3.67. The maximum Gasteiger partial charge on any atom is 0.126 e. The first-order chi connectivity index (χ1) is 7.33. The second kappa shape index (κ2) is 4.49. The van der Waals surface area contributed by atoms with E-state index in [0.717, 1.165) is 18.8 Å². The predicted octanol–water partition coefficient (Wildman–Crippen LogP) is 2.45. The van der Waals surface area contributed by atoms with Crippen LogP contribution in [0.1, 0.15) is 18.9 Å². The van der Waals surface area contributed by atoms with Crippen molar-refractivity contribution in [3.05, 3.63) is 35.9 Å². The molecule has 0 saturated carbocycles. The molecule has 2 N–H and O–H groups in total. The van der Waals surface area contributed by atoms with Crippen molar-refractivity contribution in [1.29, 1.82) is 0 Å². The van der Waals surface area contributed by atoms with Gasteiger partial charge in [-0.3, -0.25) is 0 Å². The van der Waals surface area contributed by atoms with Gasteiger partial charge < -0.3 is 10.5 Å². The normalized spacial score (nSPS) is 22.3. The van der Waals surface area contributed by atoms with Crippen LogP contribution in [-0.2, 0) is 0 Å². The topological polar surface area (TPSA) is 35.2 Å². The molecule has 0 radical (unpaired) electrons. The van der Waals surface area contributed by atoms with Gasteiger partial charge in [-0.05, 0) is 24.6 Å². The Morgan fingerprint density at radius 3 is 3.07 bits per heavy atom. The second-order valence-corrected chi connectivity index (χ2v) is 3.95. The van der Waals surface area contributed by atoms with E-state index < -0.39 is 0 Å². The SMILES string of the molecule is CC1COc2ccccc2/C1=C\CCN. The number of benzene rings is 1. The summed E-state index contributed by atoms with van der Waals surface area (Å²) in [4.78, 5) is 0. The van der Waals surface area contributed by atoms with Gasteiger partial charge in [0, 0.05) is 11.5 Å². The molecule has 15 heavy (non-hydrogen) atoms. The Hall–Kier alpha value is -1.28. The van der Waals surface area contributed by atoms with Crippen LogP contribution in [0.4, 0.5) is 0 Å². The minimum Gasteiger partial charge on any atom is -0.492 e. The van der Waals surface area contributed by atoms with Gasteiger partial charge in [0.2, 0.25) is 0 Å². The molecule has 1 atom stereocenters. The molecule has 1 aliphatic heterocycles. The van der Waals surface area contributed by atoms with E-state index >= 15 is 0 Å². The van der Waals surface area contributed by atoms with Gasteiger partial charge in [0.25, 0.3) is 0 Å². The third kappa shape index (κ3) is 2.05. The molecule has 0 spiro atoms. The van der Waals surface area contributed by atoms with E-state index in [4.69, 9.17) is 10.5 Å². The number of hydrogen-bond donors (Lipinski definition) is 1.